The smallest absolute Gasteiger partial charge is 0.417 e. The van der Waals surface area contributed by atoms with Crippen molar-refractivity contribution in [2.24, 2.45) is 5.92 Å². The van der Waals surface area contributed by atoms with Gasteiger partial charge in [-0.05, 0) is 32.8 Å². The minimum Gasteiger partial charge on any atom is -0.445 e. The van der Waals surface area contributed by atoms with Crippen molar-refractivity contribution < 1.29 is 23.9 Å². The van der Waals surface area contributed by atoms with E-state index in [2.05, 4.69) is 0 Å². The highest BCUT2D eigenvalue weighted by Gasteiger charge is 2.56. The molecule has 0 radical (unpaired) electrons. The van der Waals surface area contributed by atoms with Crippen LogP contribution in [0, 0.1) is 5.92 Å². The number of amides is 3. The predicted molar refractivity (Wildman–Crippen MR) is 97.8 cm³/mol. The molecule has 2 fully saturated rings. The van der Waals surface area contributed by atoms with Gasteiger partial charge in [-0.25, -0.2) is 14.5 Å². The highest BCUT2D eigenvalue weighted by molar-refractivity contribution is 5.97. The van der Waals surface area contributed by atoms with E-state index in [1.54, 1.807) is 32.6 Å². The van der Waals surface area contributed by atoms with E-state index in [1.165, 1.54) is 4.90 Å². The van der Waals surface area contributed by atoms with Crippen LogP contribution in [0.1, 0.15) is 39.7 Å². The van der Waals surface area contributed by atoms with E-state index in [9.17, 15) is 14.4 Å². The van der Waals surface area contributed by atoms with Gasteiger partial charge in [0.1, 0.15) is 12.2 Å². The number of carbonyl (C=O) groups is 3. The molecule has 0 saturated carbocycles. The maximum absolute atomic E-state index is 12.6. The van der Waals surface area contributed by atoms with E-state index in [0.717, 1.165) is 5.56 Å². The molecule has 0 bridgehead atoms. The van der Waals surface area contributed by atoms with E-state index in [1.807, 2.05) is 30.3 Å². The summed E-state index contributed by atoms with van der Waals surface area (Å²) in [5, 5.41) is 0. The van der Waals surface area contributed by atoms with Crippen molar-refractivity contribution in [2.45, 2.75) is 58.4 Å². The van der Waals surface area contributed by atoms with Crippen LogP contribution in [-0.2, 0) is 20.9 Å². The number of ether oxygens (including phenoxy) is 2. The molecule has 0 spiro atoms. The summed E-state index contributed by atoms with van der Waals surface area (Å²) in [6.07, 6.45) is -0.580. The predicted octanol–water partition coefficient (Wildman–Crippen LogP) is 3.18. The average Bonchev–Trinajstić information content (AvgIpc) is 3.12. The van der Waals surface area contributed by atoms with Crippen LogP contribution in [0.3, 0.4) is 0 Å². The Bertz CT molecular complexity index is 728. The molecule has 1 aromatic rings. The minimum atomic E-state index is -0.689. The summed E-state index contributed by atoms with van der Waals surface area (Å²) in [6, 6.07) is 8.67. The molecule has 1 aromatic carbocycles. The van der Waals surface area contributed by atoms with Crippen LogP contribution < -0.4 is 0 Å². The first kappa shape index (κ1) is 19.2. The zero-order valence-corrected chi connectivity index (χ0v) is 16.2. The topological polar surface area (TPSA) is 76.2 Å². The first-order valence-corrected chi connectivity index (χ1v) is 9.22. The molecule has 2 heterocycles. The largest absolute Gasteiger partial charge is 0.445 e. The standard InChI is InChI=1S/C20H26N2O5/c1-13-16-15(22(17(13)23)19(25)27-20(2,3)4)10-11-21(16)18(24)26-12-14-8-6-5-7-9-14/h5-9,13,15-16H,10-12H2,1-4H3/t13-,15+,16-/m1/s1. The first-order chi connectivity index (χ1) is 12.7. The molecule has 0 unspecified atom stereocenters. The molecule has 2 aliphatic heterocycles. The Kier molecular flexibility index (Phi) is 5.13. The Balaban J connectivity index is 1.68. The number of benzene rings is 1. The number of hydrogen-bond donors (Lipinski definition) is 0. The van der Waals surface area contributed by atoms with Crippen LogP contribution in [0.2, 0.25) is 0 Å². The number of rotatable bonds is 2. The van der Waals surface area contributed by atoms with Gasteiger partial charge in [0.15, 0.2) is 0 Å². The summed E-state index contributed by atoms with van der Waals surface area (Å²) >= 11 is 0. The molecule has 27 heavy (non-hydrogen) atoms. The van der Waals surface area contributed by atoms with Crippen molar-refractivity contribution in [1.82, 2.24) is 9.80 Å². The summed E-state index contributed by atoms with van der Waals surface area (Å²) in [6.45, 7) is 7.63. The quantitative estimate of drug-likeness (QED) is 0.795. The van der Waals surface area contributed by atoms with Gasteiger partial charge >= 0.3 is 12.2 Å². The van der Waals surface area contributed by atoms with Gasteiger partial charge < -0.3 is 14.4 Å². The Morgan fingerprint density at radius 2 is 1.81 bits per heavy atom. The lowest BCUT2D eigenvalue weighted by atomic mass is 10.0. The molecule has 2 aliphatic rings. The SMILES string of the molecule is C[C@H]1C(=O)N(C(=O)OC(C)(C)C)[C@H]2CCN(C(=O)OCc3ccccc3)[C@H]12. The molecule has 0 N–H and O–H groups in total. The molecule has 0 aliphatic carbocycles. The summed E-state index contributed by atoms with van der Waals surface area (Å²) in [7, 11) is 0. The molecule has 3 atom stereocenters. The summed E-state index contributed by atoms with van der Waals surface area (Å²) < 4.78 is 10.8. The van der Waals surface area contributed by atoms with Crippen LogP contribution in [-0.4, -0.2) is 52.1 Å². The van der Waals surface area contributed by atoms with Crippen LogP contribution in [0.25, 0.3) is 0 Å². The molecule has 146 valence electrons. The molecular formula is C20H26N2O5. The van der Waals surface area contributed by atoms with Crippen LogP contribution in [0.5, 0.6) is 0 Å². The molecule has 2 saturated heterocycles. The zero-order chi connectivity index (χ0) is 19.8. The van der Waals surface area contributed by atoms with E-state index >= 15 is 0 Å². The fourth-order valence-corrected chi connectivity index (χ4v) is 3.76. The third kappa shape index (κ3) is 3.91. The van der Waals surface area contributed by atoms with Crippen LogP contribution >= 0.6 is 0 Å². The van der Waals surface area contributed by atoms with Crippen molar-refractivity contribution in [3.63, 3.8) is 0 Å². The van der Waals surface area contributed by atoms with Crippen LogP contribution in [0.4, 0.5) is 9.59 Å². The Morgan fingerprint density at radius 1 is 1.15 bits per heavy atom. The van der Waals surface area contributed by atoms with Gasteiger partial charge in [-0.3, -0.25) is 4.79 Å². The Morgan fingerprint density at radius 3 is 2.44 bits per heavy atom. The van der Waals surface area contributed by atoms with Crippen LogP contribution in [0.15, 0.2) is 30.3 Å². The minimum absolute atomic E-state index is 0.172. The highest BCUT2D eigenvalue weighted by atomic mass is 16.6. The van der Waals surface area contributed by atoms with Crippen molar-refractivity contribution in [2.75, 3.05) is 6.54 Å². The van der Waals surface area contributed by atoms with Crippen molar-refractivity contribution in [3.05, 3.63) is 35.9 Å². The number of fused-ring (bicyclic) bond motifs is 1. The number of carbonyl (C=O) groups excluding carboxylic acids is 3. The maximum atomic E-state index is 12.6. The van der Waals surface area contributed by atoms with E-state index in [4.69, 9.17) is 9.47 Å². The van der Waals surface area contributed by atoms with Gasteiger partial charge in [0, 0.05) is 6.54 Å². The molecule has 3 rings (SSSR count). The molecule has 7 heteroatoms. The fourth-order valence-electron chi connectivity index (χ4n) is 3.76. The number of imide groups is 1. The zero-order valence-electron chi connectivity index (χ0n) is 16.2. The third-order valence-corrected chi connectivity index (χ3v) is 4.92. The van der Waals surface area contributed by atoms with E-state index in [-0.39, 0.29) is 24.6 Å². The number of nitrogens with zero attached hydrogens (tertiary/aromatic N) is 2. The average molecular weight is 374 g/mol. The molecule has 3 amide bonds. The summed E-state index contributed by atoms with van der Waals surface area (Å²) in [4.78, 5) is 40.5. The number of hydrogen-bond acceptors (Lipinski definition) is 5. The highest BCUT2D eigenvalue weighted by Crippen LogP contribution is 2.37. The normalized spacial score (nSPS) is 24.7. The Hall–Kier alpha value is -2.57. The van der Waals surface area contributed by atoms with Crippen molar-refractivity contribution >= 4 is 18.1 Å². The van der Waals surface area contributed by atoms with E-state index < -0.39 is 23.7 Å². The third-order valence-electron chi connectivity index (χ3n) is 4.92. The fraction of sp³-hybridized carbons (Fsp3) is 0.550. The van der Waals surface area contributed by atoms with Gasteiger partial charge in [0.2, 0.25) is 5.91 Å². The van der Waals surface area contributed by atoms with Gasteiger partial charge in [-0.15, -0.1) is 0 Å². The monoisotopic (exact) mass is 374 g/mol. The van der Waals surface area contributed by atoms with Gasteiger partial charge in [0.05, 0.1) is 18.0 Å². The second-order valence-corrected chi connectivity index (χ2v) is 8.06. The summed E-state index contributed by atoms with van der Waals surface area (Å²) in [5.41, 5.74) is 0.207. The summed E-state index contributed by atoms with van der Waals surface area (Å²) in [5.74, 6) is -0.783. The lowest BCUT2D eigenvalue weighted by Gasteiger charge is -2.27. The molecular weight excluding hydrogens is 348 g/mol. The molecule has 0 aromatic heterocycles. The lowest BCUT2D eigenvalue weighted by Crippen LogP contribution is -2.44. The lowest BCUT2D eigenvalue weighted by molar-refractivity contribution is -0.131. The Labute approximate surface area is 159 Å². The van der Waals surface area contributed by atoms with Gasteiger partial charge in [-0.1, -0.05) is 37.3 Å². The maximum Gasteiger partial charge on any atom is 0.417 e. The van der Waals surface area contributed by atoms with E-state index in [0.29, 0.717) is 13.0 Å². The second-order valence-electron chi connectivity index (χ2n) is 8.06. The van der Waals surface area contributed by atoms with Gasteiger partial charge in [0.25, 0.3) is 0 Å². The van der Waals surface area contributed by atoms with Crippen molar-refractivity contribution in [1.29, 1.82) is 0 Å². The second kappa shape index (κ2) is 7.21. The van der Waals surface area contributed by atoms with Gasteiger partial charge in [-0.2, -0.15) is 0 Å². The molecule has 7 nitrogen and oxygen atoms in total. The number of likely N-dealkylation sites (tertiary alicyclic amines) is 2. The first-order valence-electron chi connectivity index (χ1n) is 9.22. The van der Waals surface area contributed by atoms with Crippen molar-refractivity contribution in [3.8, 4) is 0 Å².